The maximum Gasteiger partial charge on any atom is 0.416 e. The molecule has 3 aliphatic rings. The van der Waals surface area contributed by atoms with Crippen LogP contribution in [0, 0.1) is 0 Å². The smallest absolute Gasteiger partial charge is 0.379 e. The largest absolute Gasteiger partial charge is 0.416 e. The van der Waals surface area contributed by atoms with Crippen LogP contribution in [0.3, 0.4) is 0 Å². The molecule has 6 rings (SSSR count). The summed E-state index contributed by atoms with van der Waals surface area (Å²) in [6.07, 6.45) is 0.0716. The molecular formula is C27H26F3N5O3. The summed E-state index contributed by atoms with van der Waals surface area (Å²) in [6.45, 7) is 1.28. The van der Waals surface area contributed by atoms with Crippen molar-refractivity contribution in [3.8, 4) is 0 Å². The van der Waals surface area contributed by atoms with Gasteiger partial charge in [0, 0.05) is 43.2 Å². The van der Waals surface area contributed by atoms with Gasteiger partial charge in [0.05, 0.1) is 25.3 Å². The van der Waals surface area contributed by atoms with Gasteiger partial charge in [-0.25, -0.2) is 0 Å². The number of hydrogen-bond donors (Lipinski definition) is 1. The lowest BCUT2D eigenvalue weighted by Crippen LogP contribution is -2.49. The minimum atomic E-state index is -4.62. The highest BCUT2D eigenvalue weighted by molar-refractivity contribution is 6.10. The van der Waals surface area contributed by atoms with Crippen LogP contribution >= 0.6 is 0 Å². The van der Waals surface area contributed by atoms with E-state index in [0.29, 0.717) is 37.4 Å². The Hall–Kier alpha value is -3.54. The van der Waals surface area contributed by atoms with E-state index >= 15 is 0 Å². The third kappa shape index (κ3) is 4.20. The van der Waals surface area contributed by atoms with Crippen molar-refractivity contribution in [3.05, 3.63) is 88.5 Å². The number of alkyl halides is 3. The number of aryl methyl sites for hydroxylation is 1. The van der Waals surface area contributed by atoms with Gasteiger partial charge in [0.2, 0.25) is 0 Å². The number of benzene rings is 2. The van der Waals surface area contributed by atoms with E-state index in [0.717, 1.165) is 17.5 Å². The van der Waals surface area contributed by atoms with Crippen LogP contribution in [0.15, 0.2) is 54.9 Å². The van der Waals surface area contributed by atoms with Crippen LogP contribution < -0.4 is 4.90 Å². The highest BCUT2D eigenvalue weighted by Gasteiger charge is 2.43. The molecule has 8 nitrogen and oxygen atoms in total. The van der Waals surface area contributed by atoms with Crippen LogP contribution in [0.25, 0.3) is 0 Å². The maximum absolute atomic E-state index is 14.1. The van der Waals surface area contributed by atoms with Crippen LogP contribution in [0.5, 0.6) is 0 Å². The van der Waals surface area contributed by atoms with E-state index in [9.17, 15) is 23.1 Å². The van der Waals surface area contributed by atoms with Gasteiger partial charge in [0.1, 0.15) is 18.4 Å². The molecule has 198 valence electrons. The normalized spacial score (nSPS) is 20.7. The fraction of sp³-hybridized carbons (Fsp3) is 0.370. The minimum absolute atomic E-state index is 0.0301. The molecule has 1 atom stereocenters. The minimum Gasteiger partial charge on any atom is -0.379 e. The molecule has 3 aromatic rings. The highest BCUT2D eigenvalue weighted by Crippen LogP contribution is 2.41. The number of carbonyl (C=O) groups excluding carboxylic acids is 1. The zero-order valence-corrected chi connectivity index (χ0v) is 20.6. The molecule has 0 radical (unpaired) electrons. The van der Waals surface area contributed by atoms with Gasteiger partial charge in [0.25, 0.3) is 5.91 Å². The lowest BCUT2D eigenvalue weighted by Gasteiger charge is -2.42. The lowest BCUT2D eigenvalue weighted by atomic mass is 9.75. The van der Waals surface area contributed by atoms with E-state index in [1.165, 1.54) is 11.0 Å². The van der Waals surface area contributed by atoms with E-state index in [4.69, 9.17) is 4.74 Å². The van der Waals surface area contributed by atoms with Crippen LogP contribution in [0.1, 0.15) is 38.4 Å². The molecule has 3 aliphatic heterocycles. The van der Waals surface area contributed by atoms with Crippen molar-refractivity contribution in [1.29, 1.82) is 0 Å². The number of fused-ring (bicyclic) bond motifs is 1. The molecule has 11 heteroatoms. The number of halogens is 3. The van der Waals surface area contributed by atoms with Gasteiger partial charge in [0.15, 0.2) is 0 Å². The molecule has 1 N–H and O–H groups in total. The molecule has 0 bridgehead atoms. The second-order valence-corrected chi connectivity index (χ2v) is 10.2. The molecule has 1 aromatic heterocycles. The van der Waals surface area contributed by atoms with Crippen molar-refractivity contribution >= 4 is 11.6 Å². The number of aliphatic hydroxyl groups is 1. The maximum atomic E-state index is 14.1. The number of rotatable bonds is 6. The number of anilines is 1. The van der Waals surface area contributed by atoms with Crippen molar-refractivity contribution < 1.29 is 27.8 Å². The Morgan fingerprint density at radius 3 is 2.66 bits per heavy atom. The summed E-state index contributed by atoms with van der Waals surface area (Å²) in [7, 11) is 1.87. The summed E-state index contributed by atoms with van der Waals surface area (Å²) < 4.78 is 49.8. The summed E-state index contributed by atoms with van der Waals surface area (Å²) in [4.78, 5) is 16.5. The summed E-state index contributed by atoms with van der Waals surface area (Å²) in [6, 6.07) is 9.99. The fourth-order valence-corrected chi connectivity index (χ4v) is 5.45. The first-order chi connectivity index (χ1) is 18.1. The molecule has 1 saturated heterocycles. The zero-order valence-electron chi connectivity index (χ0n) is 20.6. The van der Waals surface area contributed by atoms with Gasteiger partial charge in [-0.1, -0.05) is 18.2 Å². The van der Waals surface area contributed by atoms with Gasteiger partial charge in [-0.05, 0) is 47.0 Å². The standard InChI is InChI=1S/C27H26F3N5O3/c1-33-16-31-32-23(33)11-26(14-38-15-26)18-4-2-5-19(10-18)35-13-21-20(25(35)37)8-17(9-22(21)27(28,29)30)12-34-7-3-6-24(34)36/h2-6,8-10,16,24,36H,7,11-15H2,1H3/t24-/m0/s1. The van der Waals surface area contributed by atoms with E-state index < -0.39 is 23.9 Å². The number of amides is 1. The monoisotopic (exact) mass is 525 g/mol. The van der Waals surface area contributed by atoms with Gasteiger partial charge < -0.3 is 19.3 Å². The second-order valence-electron chi connectivity index (χ2n) is 10.2. The van der Waals surface area contributed by atoms with Crippen LogP contribution in [0.2, 0.25) is 0 Å². The van der Waals surface area contributed by atoms with E-state index in [1.54, 1.807) is 29.4 Å². The number of carbonyl (C=O) groups is 1. The van der Waals surface area contributed by atoms with E-state index in [1.807, 2.05) is 29.8 Å². The van der Waals surface area contributed by atoms with Gasteiger partial charge in [-0.2, -0.15) is 13.2 Å². The molecule has 1 fully saturated rings. The third-order valence-corrected chi connectivity index (χ3v) is 7.64. The molecule has 2 aromatic carbocycles. The fourth-order valence-electron chi connectivity index (χ4n) is 5.45. The van der Waals surface area contributed by atoms with Crippen molar-refractivity contribution in [2.75, 3.05) is 24.7 Å². The summed E-state index contributed by atoms with van der Waals surface area (Å²) in [5.74, 6) is 0.320. The second kappa shape index (κ2) is 9.04. The van der Waals surface area contributed by atoms with Crippen LogP contribution in [0.4, 0.5) is 18.9 Å². The topological polar surface area (TPSA) is 83.7 Å². The highest BCUT2D eigenvalue weighted by atomic mass is 19.4. The van der Waals surface area contributed by atoms with E-state index in [2.05, 4.69) is 10.2 Å². The Morgan fingerprint density at radius 1 is 1.21 bits per heavy atom. The number of ether oxygens (including phenoxy) is 1. The van der Waals surface area contributed by atoms with Gasteiger partial charge in [-0.3, -0.25) is 9.69 Å². The number of aromatic nitrogens is 3. The third-order valence-electron chi connectivity index (χ3n) is 7.64. The summed E-state index contributed by atoms with van der Waals surface area (Å²) in [5, 5.41) is 18.2. The molecule has 38 heavy (non-hydrogen) atoms. The first kappa shape index (κ1) is 24.8. The summed E-state index contributed by atoms with van der Waals surface area (Å²) >= 11 is 0. The van der Waals surface area contributed by atoms with Crippen molar-refractivity contribution in [3.63, 3.8) is 0 Å². The number of aliphatic hydroxyl groups excluding tert-OH is 1. The Balaban J connectivity index is 1.32. The Kier molecular flexibility index (Phi) is 5.89. The molecule has 0 spiro atoms. The zero-order chi connectivity index (χ0) is 26.7. The quantitative estimate of drug-likeness (QED) is 0.498. The number of nitrogens with zero attached hydrogens (tertiary/aromatic N) is 5. The van der Waals surface area contributed by atoms with Gasteiger partial charge in [-0.15, -0.1) is 10.2 Å². The summed E-state index contributed by atoms with van der Waals surface area (Å²) in [5.41, 5.74) is 0.630. The average Bonchev–Trinajstić information content (AvgIpc) is 3.55. The molecule has 1 amide bonds. The predicted octanol–water partition coefficient (Wildman–Crippen LogP) is 3.20. The first-order valence-electron chi connectivity index (χ1n) is 12.3. The van der Waals surface area contributed by atoms with Crippen molar-refractivity contribution in [2.45, 2.75) is 37.3 Å². The average molecular weight is 526 g/mol. The predicted molar refractivity (Wildman–Crippen MR) is 131 cm³/mol. The Labute approximate surface area is 216 Å². The molecular weight excluding hydrogens is 499 g/mol. The molecule has 0 saturated carbocycles. The molecule has 0 aliphatic carbocycles. The van der Waals surface area contributed by atoms with Crippen LogP contribution in [-0.2, 0) is 42.9 Å². The van der Waals surface area contributed by atoms with Crippen LogP contribution in [-0.4, -0.2) is 56.7 Å². The first-order valence-corrected chi connectivity index (χ1v) is 12.3. The van der Waals surface area contributed by atoms with Gasteiger partial charge >= 0.3 is 6.18 Å². The number of hydrogen-bond acceptors (Lipinski definition) is 6. The SMILES string of the molecule is Cn1cnnc1CC1(c2cccc(N3Cc4c(cc(CN5CC=C[C@@H]5O)cc4C(F)(F)F)C3=O)c2)COC1. The van der Waals surface area contributed by atoms with E-state index in [-0.39, 0.29) is 29.6 Å². The molecule has 4 heterocycles. The lowest BCUT2D eigenvalue weighted by molar-refractivity contribution is -0.138. The van der Waals surface area contributed by atoms with Crippen molar-refractivity contribution in [1.82, 2.24) is 19.7 Å². The Morgan fingerprint density at radius 2 is 2.03 bits per heavy atom. The van der Waals surface area contributed by atoms with Crippen molar-refractivity contribution in [2.24, 2.45) is 7.05 Å². The molecule has 0 unspecified atom stereocenters. The Bertz CT molecular complexity index is 1430.